The Morgan fingerprint density at radius 3 is 2.07 bits per heavy atom. The van der Waals surface area contributed by atoms with Gasteiger partial charge in [0.2, 0.25) is 12.1 Å². The number of Topliss-reactive ketones (excluding diaryl/α,β-unsaturated/α-hetero) is 1. The molecule has 0 saturated heterocycles. The highest BCUT2D eigenvalue weighted by atomic mass is 35.5. The topological polar surface area (TPSA) is 83.6 Å². The van der Waals surface area contributed by atoms with Crippen molar-refractivity contribution < 1.29 is 15.0 Å². The molecule has 0 aliphatic heterocycles. The zero-order valence-electron chi connectivity index (χ0n) is 6.87. The summed E-state index contributed by atoms with van der Waals surface area (Å²) in [5.74, 6) is -0.881. The van der Waals surface area contributed by atoms with Crippen LogP contribution in [0.1, 0.15) is 10.4 Å². The molecule has 0 unspecified atom stereocenters. The average molecular weight is 236 g/mol. The number of carbonyl (C=O) groups is 1. The lowest BCUT2D eigenvalue weighted by Crippen LogP contribution is -2.19. The Kier molecular flexibility index (Phi) is 3.34. The van der Waals surface area contributed by atoms with Gasteiger partial charge in [0.05, 0.1) is 15.7 Å². The van der Waals surface area contributed by atoms with Crippen LogP contribution in [0.25, 0.3) is 0 Å². The maximum atomic E-state index is 11.1. The third kappa shape index (κ3) is 2.16. The van der Waals surface area contributed by atoms with E-state index < -0.39 is 12.1 Å². The minimum Gasteiger partial charge on any atom is -0.396 e. The summed E-state index contributed by atoms with van der Waals surface area (Å²) >= 11 is 11.3. The van der Waals surface area contributed by atoms with Gasteiger partial charge < -0.3 is 15.9 Å². The van der Waals surface area contributed by atoms with E-state index in [-0.39, 0.29) is 21.3 Å². The summed E-state index contributed by atoms with van der Waals surface area (Å²) in [5, 5.41) is 17.4. The molecule has 0 aliphatic carbocycles. The molecule has 6 heteroatoms. The summed E-state index contributed by atoms with van der Waals surface area (Å²) in [6, 6.07) is 2.45. The average Bonchev–Trinajstić information content (AvgIpc) is 2.12. The third-order valence-electron chi connectivity index (χ3n) is 1.60. The molecular formula is C8H7Cl2NO3. The first-order chi connectivity index (χ1) is 6.43. The normalized spacial score (nSPS) is 10.6. The second-order valence-corrected chi connectivity index (χ2v) is 3.41. The second kappa shape index (κ2) is 4.14. The summed E-state index contributed by atoms with van der Waals surface area (Å²) in [4.78, 5) is 11.1. The van der Waals surface area contributed by atoms with Gasteiger partial charge in [0.15, 0.2) is 0 Å². The van der Waals surface area contributed by atoms with Crippen LogP contribution in [-0.2, 0) is 0 Å². The SMILES string of the molecule is Nc1c(Cl)cc(C(=O)C(O)O)cc1Cl. The van der Waals surface area contributed by atoms with E-state index in [9.17, 15) is 4.79 Å². The fourth-order valence-corrected chi connectivity index (χ4v) is 1.36. The highest BCUT2D eigenvalue weighted by Gasteiger charge is 2.16. The number of aliphatic hydroxyl groups excluding tert-OH is 1. The van der Waals surface area contributed by atoms with E-state index in [1.165, 1.54) is 12.1 Å². The molecule has 14 heavy (non-hydrogen) atoms. The van der Waals surface area contributed by atoms with Crippen molar-refractivity contribution in [3.63, 3.8) is 0 Å². The Morgan fingerprint density at radius 2 is 1.71 bits per heavy atom. The Labute approximate surface area is 89.9 Å². The van der Waals surface area contributed by atoms with E-state index >= 15 is 0 Å². The van der Waals surface area contributed by atoms with Crippen molar-refractivity contribution in [1.29, 1.82) is 0 Å². The summed E-state index contributed by atoms with van der Waals surface area (Å²) in [5.41, 5.74) is 5.58. The molecule has 0 amide bonds. The quantitative estimate of drug-likeness (QED) is 0.407. The highest BCUT2D eigenvalue weighted by Crippen LogP contribution is 2.29. The van der Waals surface area contributed by atoms with Crippen molar-refractivity contribution in [2.45, 2.75) is 6.29 Å². The second-order valence-electron chi connectivity index (χ2n) is 2.59. The number of ketones is 1. The Morgan fingerprint density at radius 1 is 1.29 bits per heavy atom. The standard InChI is InChI=1S/C8H7Cl2NO3/c9-4-1-3(7(12)8(13)14)2-5(10)6(4)11/h1-2,8,13-14H,11H2. The fraction of sp³-hybridized carbons (Fsp3) is 0.125. The monoisotopic (exact) mass is 235 g/mol. The molecule has 0 aliphatic rings. The minimum absolute atomic E-state index is 0.00389. The van der Waals surface area contributed by atoms with Gasteiger partial charge in [0, 0.05) is 5.56 Å². The molecule has 4 nitrogen and oxygen atoms in total. The molecule has 4 N–H and O–H groups in total. The van der Waals surface area contributed by atoms with E-state index in [4.69, 9.17) is 39.1 Å². The summed E-state index contributed by atoms with van der Waals surface area (Å²) in [6.07, 6.45) is -2.08. The van der Waals surface area contributed by atoms with Gasteiger partial charge in [-0.2, -0.15) is 0 Å². The molecule has 0 radical (unpaired) electrons. The van der Waals surface area contributed by atoms with Crippen molar-refractivity contribution in [2.75, 3.05) is 5.73 Å². The van der Waals surface area contributed by atoms with Crippen molar-refractivity contribution in [1.82, 2.24) is 0 Å². The van der Waals surface area contributed by atoms with Crippen LogP contribution in [0.4, 0.5) is 5.69 Å². The predicted molar refractivity (Wildman–Crippen MR) is 53.4 cm³/mol. The van der Waals surface area contributed by atoms with Crippen LogP contribution in [0.15, 0.2) is 12.1 Å². The number of halogens is 2. The largest absolute Gasteiger partial charge is 0.396 e. The number of carbonyl (C=O) groups excluding carboxylic acids is 1. The number of nitrogen functional groups attached to an aromatic ring is 1. The molecule has 0 bridgehead atoms. The van der Waals surface area contributed by atoms with Gasteiger partial charge in [-0.05, 0) is 12.1 Å². The summed E-state index contributed by atoms with van der Waals surface area (Å²) < 4.78 is 0. The maximum absolute atomic E-state index is 11.1. The van der Waals surface area contributed by atoms with Crippen LogP contribution in [0.2, 0.25) is 10.0 Å². The maximum Gasteiger partial charge on any atom is 0.218 e. The molecular weight excluding hydrogens is 229 g/mol. The van der Waals surface area contributed by atoms with E-state index in [2.05, 4.69) is 0 Å². The summed E-state index contributed by atoms with van der Waals surface area (Å²) in [7, 11) is 0. The number of hydrogen-bond acceptors (Lipinski definition) is 4. The van der Waals surface area contributed by atoms with Crippen molar-refractivity contribution in [3.8, 4) is 0 Å². The molecule has 1 aromatic rings. The molecule has 0 spiro atoms. The molecule has 0 heterocycles. The van der Waals surface area contributed by atoms with Gasteiger partial charge in [0.25, 0.3) is 0 Å². The first-order valence-corrected chi connectivity index (χ1v) is 4.34. The number of nitrogens with two attached hydrogens (primary N) is 1. The van der Waals surface area contributed by atoms with Crippen molar-refractivity contribution >= 4 is 34.7 Å². The number of anilines is 1. The highest BCUT2D eigenvalue weighted by molar-refractivity contribution is 6.39. The Bertz CT molecular complexity index is 356. The van der Waals surface area contributed by atoms with Crippen LogP contribution in [-0.4, -0.2) is 22.3 Å². The van der Waals surface area contributed by atoms with Crippen molar-refractivity contribution in [2.24, 2.45) is 0 Å². The molecule has 0 aromatic heterocycles. The third-order valence-corrected chi connectivity index (χ3v) is 2.22. The molecule has 1 rings (SSSR count). The van der Waals surface area contributed by atoms with E-state index in [1.807, 2.05) is 0 Å². The van der Waals surface area contributed by atoms with Crippen molar-refractivity contribution in [3.05, 3.63) is 27.7 Å². The molecule has 0 atom stereocenters. The fourth-order valence-electron chi connectivity index (χ4n) is 0.876. The zero-order valence-corrected chi connectivity index (χ0v) is 8.38. The molecule has 0 fully saturated rings. The first kappa shape index (κ1) is 11.3. The van der Waals surface area contributed by atoms with Gasteiger partial charge in [0.1, 0.15) is 0 Å². The van der Waals surface area contributed by atoms with E-state index in [0.29, 0.717) is 0 Å². The molecule has 76 valence electrons. The van der Waals surface area contributed by atoms with Crippen LogP contribution in [0.3, 0.4) is 0 Å². The zero-order chi connectivity index (χ0) is 10.9. The number of hydrogen-bond donors (Lipinski definition) is 3. The van der Waals surface area contributed by atoms with E-state index in [1.54, 1.807) is 0 Å². The smallest absolute Gasteiger partial charge is 0.218 e. The Balaban J connectivity index is 3.19. The van der Waals surface area contributed by atoms with Crippen LogP contribution in [0, 0.1) is 0 Å². The Hall–Kier alpha value is -0.810. The van der Waals surface area contributed by atoms with Gasteiger partial charge in [-0.15, -0.1) is 0 Å². The van der Waals surface area contributed by atoms with Crippen LogP contribution in [0.5, 0.6) is 0 Å². The molecule has 0 saturated carbocycles. The van der Waals surface area contributed by atoms with E-state index in [0.717, 1.165) is 0 Å². The minimum atomic E-state index is -2.08. The number of aliphatic hydroxyl groups is 2. The first-order valence-electron chi connectivity index (χ1n) is 3.58. The lowest BCUT2D eigenvalue weighted by Gasteiger charge is -2.06. The molecule has 1 aromatic carbocycles. The number of rotatable bonds is 2. The van der Waals surface area contributed by atoms with Crippen LogP contribution < -0.4 is 5.73 Å². The van der Waals surface area contributed by atoms with Crippen LogP contribution >= 0.6 is 23.2 Å². The van der Waals surface area contributed by atoms with Gasteiger partial charge in [-0.1, -0.05) is 23.2 Å². The number of benzene rings is 1. The predicted octanol–water partition coefficient (Wildman–Crippen LogP) is 1.07. The van der Waals surface area contributed by atoms with Gasteiger partial charge in [-0.3, -0.25) is 4.79 Å². The van der Waals surface area contributed by atoms with Gasteiger partial charge in [-0.25, -0.2) is 0 Å². The lowest BCUT2D eigenvalue weighted by molar-refractivity contribution is -0.0195. The lowest BCUT2D eigenvalue weighted by atomic mass is 10.1. The van der Waals surface area contributed by atoms with Gasteiger partial charge >= 0.3 is 0 Å². The summed E-state index contributed by atoms with van der Waals surface area (Å²) in [6.45, 7) is 0.